The Balaban J connectivity index is 2.34. The standard InChI is InChI=1S/C16H22ClN3O/c1-10(2)18-9-13-7-6-8-14(17)16(13)21-15-11(3)19-20(5)12(15)4/h6-8,10,18H,9H2,1-5H3. The molecule has 0 radical (unpaired) electrons. The maximum Gasteiger partial charge on any atom is 0.171 e. The number of hydrogen-bond acceptors (Lipinski definition) is 3. The van der Waals surface area contributed by atoms with Gasteiger partial charge in [-0.2, -0.15) is 5.10 Å². The van der Waals surface area contributed by atoms with Crippen LogP contribution in [-0.2, 0) is 13.6 Å². The van der Waals surface area contributed by atoms with Gasteiger partial charge in [0.25, 0.3) is 0 Å². The van der Waals surface area contributed by atoms with Gasteiger partial charge in [0.2, 0.25) is 0 Å². The molecule has 0 aliphatic rings. The van der Waals surface area contributed by atoms with Crippen molar-refractivity contribution in [3.63, 3.8) is 0 Å². The van der Waals surface area contributed by atoms with Crippen molar-refractivity contribution >= 4 is 11.6 Å². The summed E-state index contributed by atoms with van der Waals surface area (Å²) in [4.78, 5) is 0. The number of para-hydroxylation sites is 1. The minimum atomic E-state index is 0.402. The van der Waals surface area contributed by atoms with Gasteiger partial charge in [0.15, 0.2) is 11.5 Å². The Hall–Kier alpha value is -1.52. The fourth-order valence-corrected chi connectivity index (χ4v) is 2.36. The van der Waals surface area contributed by atoms with Gasteiger partial charge in [0.05, 0.1) is 10.7 Å². The van der Waals surface area contributed by atoms with Crippen molar-refractivity contribution in [2.24, 2.45) is 7.05 Å². The van der Waals surface area contributed by atoms with Gasteiger partial charge >= 0.3 is 0 Å². The van der Waals surface area contributed by atoms with E-state index in [1.165, 1.54) is 0 Å². The normalized spacial score (nSPS) is 11.2. The molecular weight excluding hydrogens is 286 g/mol. The van der Waals surface area contributed by atoms with Gasteiger partial charge in [-0.3, -0.25) is 4.68 Å². The predicted molar refractivity (Wildman–Crippen MR) is 86.2 cm³/mol. The van der Waals surface area contributed by atoms with Gasteiger partial charge in [-0.1, -0.05) is 37.6 Å². The minimum Gasteiger partial charge on any atom is -0.452 e. The second kappa shape index (κ2) is 6.50. The Kier molecular flexibility index (Phi) is 4.91. The second-order valence-electron chi connectivity index (χ2n) is 5.49. The van der Waals surface area contributed by atoms with Crippen molar-refractivity contribution in [3.05, 3.63) is 40.2 Å². The summed E-state index contributed by atoms with van der Waals surface area (Å²) < 4.78 is 7.91. The van der Waals surface area contributed by atoms with E-state index in [9.17, 15) is 0 Å². The van der Waals surface area contributed by atoms with Crippen molar-refractivity contribution < 1.29 is 4.74 Å². The van der Waals surface area contributed by atoms with E-state index in [0.717, 1.165) is 22.7 Å². The highest BCUT2D eigenvalue weighted by Gasteiger charge is 2.16. The Morgan fingerprint density at radius 2 is 2.00 bits per heavy atom. The number of aromatic nitrogens is 2. The molecular formula is C16H22ClN3O. The third-order valence-electron chi connectivity index (χ3n) is 3.40. The highest BCUT2D eigenvalue weighted by molar-refractivity contribution is 6.32. The van der Waals surface area contributed by atoms with Crippen molar-refractivity contribution in [1.82, 2.24) is 15.1 Å². The van der Waals surface area contributed by atoms with Gasteiger partial charge in [-0.05, 0) is 19.9 Å². The van der Waals surface area contributed by atoms with Gasteiger partial charge in [-0.15, -0.1) is 0 Å². The quantitative estimate of drug-likeness (QED) is 0.908. The fraction of sp³-hybridized carbons (Fsp3) is 0.438. The molecule has 4 nitrogen and oxygen atoms in total. The largest absolute Gasteiger partial charge is 0.452 e. The van der Waals surface area contributed by atoms with Crippen LogP contribution in [0.5, 0.6) is 11.5 Å². The first-order valence-corrected chi connectivity index (χ1v) is 7.46. The number of nitrogens with one attached hydrogen (secondary N) is 1. The monoisotopic (exact) mass is 307 g/mol. The molecule has 21 heavy (non-hydrogen) atoms. The summed E-state index contributed by atoms with van der Waals surface area (Å²) in [6.07, 6.45) is 0. The molecule has 1 N–H and O–H groups in total. The molecule has 0 spiro atoms. The molecule has 1 aromatic heterocycles. The molecule has 1 heterocycles. The summed E-state index contributed by atoms with van der Waals surface area (Å²) in [6.45, 7) is 8.86. The lowest BCUT2D eigenvalue weighted by Crippen LogP contribution is -2.22. The number of hydrogen-bond donors (Lipinski definition) is 1. The van der Waals surface area contributed by atoms with E-state index in [0.29, 0.717) is 23.4 Å². The van der Waals surface area contributed by atoms with Crippen molar-refractivity contribution in [2.45, 2.75) is 40.3 Å². The van der Waals surface area contributed by atoms with E-state index in [2.05, 4.69) is 24.3 Å². The minimum absolute atomic E-state index is 0.402. The predicted octanol–water partition coefficient (Wildman–Crippen LogP) is 3.98. The molecule has 0 saturated heterocycles. The third-order valence-corrected chi connectivity index (χ3v) is 3.69. The zero-order chi connectivity index (χ0) is 15.6. The van der Waals surface area contributed by atoms with Crippen LogP contribution >= 0.6 is 11.6 Å². The SMILES string of the molecule is Cc1nn(C)c(C)c1Oc1c(Cl)cccc1CNC(C)C. The molecule has 2 aromatic rings. The van der Waals surface area contributed by atoms with E-state index in [4.69, 9.17) is 16.3 Å². The maximum atomic E-state index is 6.33. The van der Waals surface area contributed by atoms with E-state index in [1.54, 1.807) is 0 Å². The average molecular weight is 308 g/mol. The third kappa shape index (κ3) is 3.57. The lowest BCUT2D eigenvalue weighted by atomic mass is 10.2. The van der Waals surface area contributed by atoms with Crippen LogP contribution in [0.3, 0.4) is 0 Å². The van der Waals surface area contributed by atoms with Crippen LogP contribution in [0, 0.1) is 13.8 Å². The van der Waals surface area contributed by atoms with Crippen molar-refractivity contribution in [2.75, 3.05) is 0 Å². The van der Waals surface area contributed by atoms with Gasteiger partial charge in [-0.25, -0.2) is 0 Å². The molecule has 114 valence electrons. The van der Waals surface area contributed by atoms with Crippen molar-refractivity contribution in [3.8, 4) is 11.5 Å². The van der Waals surface area contributed by atoms with Crippen LogP contribution in [0.15, 0.2) is 18.2 Å². The average Bonchev–Trinajstić information content (AvgIpc) is 2.65. The molecule has 0 saturated carbocycles. The zero-order valence-corrected chi connectivity index (χ0v) is 14.0. The molecule has 0 aliphatic heterocycles. The molecule has 0 bridgehead atoms. The van der Waals surface area contributed by atoms with E-state index in [1.807, 2.05) is 43.8 Å². The molecule has 0 fully saturated rings. The van der Waals surface area contributed by atoms with Crippen LogP contribution in [-0.4, -0.2) is 15.8 Å². The van der Waals surface area contributed by atoms with E-state index < -0.39 is 0 Å². The first-order chi connectivity index (χ1) is 9.90. The molecule has 1 aromatic carbocycles. The van der Waals surface area contributed by atoms with Gasteiger partial charge in [0.1, 0.15) is 5.69 Å². The number of halogens is 1. The summed E-state index contributed by atoms with van der Waals surface area (Å²) in [5, 5.41) is 8.38. The van der Waals surface area contributed by atoms with Gasteiger partial charge in [0, 0.05) is 25.2 Å². The number of rotatable bonds is 5. The highest BCUT2D eigenvalue weighted by atomic mass is 35.5. The van der Waals surface area contributed by atoms with Crippen LogP contribution in [0.25, 0.3) is 0 Å². The molecule has 0 unspecified atom stereocenters. The summed E-state index contributed by atoms with van der Waals surface area (Å²) in [6, 6.07) is 6.21. The fourth-order valence-electron chi connectivity index (χ4n) is 2.13. The van der Waals surface area contributed by atoms with Crippen LogP contribution in [0.1, 0.15) is 30.8 Å². The summed E-state index contributed by atoms with van der Waals surface area (Å²) >= 11 is 6.33. The van der Waals surface area contributed by atoms with Crippen LogP contribution in [0.2, 0.25) is 5.02 Å². The number of nitrogens with zero attached hydrogens (tertiary/aromatic N) is 2. The Morgan fingerprint density at radius 1 is 1.29 bits per heavy atom. The Bertz CT molecular complexity index is 635. The molecule has 0 amide bonds. The Labute approximate surface area is 131 Å². The highest BCUT2D eigenvalue weighted by Crippen LogP contribution is 2.35. The summed E-state index contributed by atoms with van der Waals surface area (Å²) in [5.41, 5.74) is 2.88. The van der Waals surface area contributed by atoms with Crippen LogP contribution in [0.4, 0.5) is 0 Å². The van der Waals surface area contributed by atoms with E-state index >= 15 is 0 Å². The topological polar surface area (TPSA) is 39.1 Å². The summed E-state index contributed by atoms with van der Waals surface area (Å²) in [5.74, 6) is 1.47. The molecule has 2 rings (SSSR count). The zero-order valence-electron chi connectivity index (χ0n) is 13.2. The van der Waals surface area contributed by atoms with E-state index in [-0.39, 0.29) is 0 Å². The second-order valence-corrected chi connectivity index (χ2v) is 5.90. The molecule has 0 atom stereocenters. The number of benzene rings is 1. The lowest BCUT2D eigenvalue weighted by Gasteiger charge is -2.15. The molecule has 0 aliphatic carbocycles. The van der Waals surface area contributed by atoms with Crippen LogP contribution < -0.4 is 10.1 Å². The molecule has 5 heteroatoms. The van der Waals surface area contributed by atoms with Crippen molar-refractivity contribution in [1.29, 1.82) is 0 Å². The summed E-state index contributed by atoms with van der Waals surface area (Å²) in [7, 11) is 1.91. The lowest BCUT2D eigenvalue weighted by molar-refractivity contribution is 0.462. The smallest absolute Gasteiger partial charge is 0.171 e. The first-order valence-electron chi connectivity index (χ1n) is 7.09. The van der Waals surface area contributed by atoms with Gasteiger partial charge < -0.3 is 10.1 Å². The Morgan fingerprint density at radius 3 is 2.57 bits per heavy atom. The number of ether oxygens (including phenoxy) is 1. The maximum absolute atomic E-state index is 6.33. The first kappa shape index (κ1) is 15.9. The number of aryl methyl sites for hydroxylation is 2.